The molecule has 0 N–H and O–H groups in total. The summed E-state index contributed by atoms with van der Waals surface area (Å²) in [7, 11) is 0. The van der Waals surface area contributed by atoms with E-state index in [-0.39, 0.29) is 22.8 Å². The van der Waals surface area contributed by atoms with Crippen molar-refractivity contribution in [3.63, 3.8) is 0 Å². The summed E-state index contributed by atoms with van der Waals surface area (Å²) >= 11 is 0. The van der Waals surface area contributed by atoms with Crippen LogP contribution in [-0.4, -0.2) is 6.61 Å². The van der Waals surface area contributed by atoms with Crippen LogP contribution in [0, 0.1) is 29.2 Å². The lowest BCUT2D eigenvalue weighted by Crippen LogP contribution is -2.13. The van der Waals surface area contributed by atoms with E-state index in [1.807, 2.05) is 12.1 Å². The quantitative estimate of drug-likeness (QED) is 0.194. The lowest BCUT2D eigenvalue weighted by molar-refractivity contribution is 0.285. The van der Waals surface area contributed by atoms with Crippen molar-refractivity contribution in [2.24, 2.45) is 5.92 Å². The van der Waals surface area contributed by atoms with E-state index in [4.69, 9.17) is 4.74 Å². The van der Waals surface area contributed by atoms with Gasteiger partial charge in [0, 0.05) is 5.56 Å². The van der Waals surface area contributed by atoms with Gasteiger partial charge >= 0.3 is 0 Å². The van der Waals surface area contributed by atoms with Crippen LogP contribution in [-0.2, 0) is 12.8 Å². The van der Waals surface area contributed by atoms with Gasteiger partial charge in [0.2, 0.25) is 5.82 Å². The molecule has 1 aliphatic carbocycles. The summed E-state index contributed by atoms with van der Waals surface area (Å²) in [4.78, 5) is 0. The van der Waals surface area contributed by atoms with Gasteiger partial charge in [-0.2, -0.15) is 4.39 Å². The smallest absolute Gasteiger partial charge is 0.200 e. The van der Waals surface area contributed by atoms with E-state index in [0.717, 1.165) is 50.5 Å². The minimum atomic E-state index is -0.951. The average Bonchev–Trinajstić information content (AvgIpc) is 2.91. The highest BCUT2D eigenvalue weighted by atomic mass is 19.2. The summed E-state index contributed by atoms with van der Waals surface area (Å²) < 4.78 is 64.3. The molecule has 5 heteroatoms. The standard InChI is InChI=1S/C32H36F4O/c1-3-4-5-20-37-28-19-16-25(29(33)32(28)36)15-10-22-8-13-24(14-9-22)27-18-17-26(30(34)31(27)35)23-11-6-21(2)7-12-23/h8-9,13-14,16-19,21,23H,3-7,10-12,15,20H2,1-2H3. The maximum Gasteiger partial charge on any atom is 0.200 e. The first kappa shape index (κ1) is 27.2. The van der Waals surface area contributed by atoms with Gasteiger partial charge in [-0.15, -0.1) is 0 Å². The molecule has 1 fully saturated rings. The minimum Gasteiger partial charge on any atom is -0.490 e. The monoisotopic (exact) mass is 512 g/mol. The fraction of sp³-hybridized carbons (Fsp3) is 0.438. The zero-order valence-corrected chi connectivity index (χ0v) is 21.8. The second kappa shape index (κ2) is 12.6. The number of benzene rings is 3. The highest BCUT2D eigenvalue weighted by Gasteiger charge is 2.25. The second-order valence-electron chi connectivity index (χ2n) is 10.4. The number of ether oxygens (including phenoxy) is 1. The van der Waals surface area contributed by atoms with Crippen molar-refractivity contribution in [3.8, 4) is 16.9 Å². The van der Waals surface area contributed by atoms with Crippen molar-refractivity contribution < 1.29 is 22.3 Å². The number of aryl methyl sites for hydroxylation is 2. The third kappa shape index (κ3) is 6.55. The normalized spacial score (nSPS) is 17.7. The molecule has 0 unspecified atom stereocenters. The molecule has 0 spiro atoms. The molecule has 0 radical (unpaired) electrons. The van der Waals surface area contributed by atoms with Gasteiger partial charge in [-0.05, 0) is 72.3 Å². The zero-order valence-electron chi connectivity index (χ0n) is 21.8. The van der Waals surface area contributed by atoms with Crippen molar-refractivity contribution in [1.82, 2.24) is 0 Å². The van der Waals surface area contributed by atoms with Crippen LogP contribution in [0.25, 0.3) is 11.1 Å². The van der Waals surface area contributed by atoms with Gasteiger partial charge in [-0.1, -0.05) is 82.0 Å². The molecule has 4 rings (SSSR count). The van der Waals surface area contributed by atoms with E-state index in [2.05, 4.69) is 13.8 Å². The minimum absolute atomic E-state index is 0.0555. The number of halogens is 4. The summed E-state index contributed by atoms with van der Waals surface area (Å²) in [6.45, 7) is 4.63. The third-order valence-corrected chi connectivity index (χ3v) is 7.65. The fourth-order valence-electron chi connectivity index (χ4n) is 5.21. The van der Waals surface area contributed by atoms with Crippen LogP contribution in [0.2, 0.25) is 0 Å². The molecule has 0 aliphatic heterocycles. The van der Waals surface area contributed by atoms with E-state index in [9.17, 15) is 13.2 Å². The predicted molar refractivity (Wildman–Crippen MR) is 141 cm³/mol. The van der Waals surface area contributed by atoms with Gasteiger partial charge in [0.05, 0.1) is 6.61 Å². The molecule has 3 aromatic carbocycles. The fourth-order valence-corrected chi connectivity index (χ4v) is 5.21. The van der Waals surface area contributed by atoms with Crippen LogP contribution in [0.3, 0.4) is 0 Å². The Labute approximate surface area is 217 Å². The van der Waals surface area contributed by atoms with Gasteiger partial charge in [0.25, 0.3) is 0 Å². The zero-order chi connectivity index (χ0) is 26.4. The number of hydrogen-bond donors (Lipinski definition) is 0. The first-order valence-corrected chi connectivity index (χ1v) is 13.6. The summed E-state index contributed by atoms with van der Waals surface area (Å²) in [6, 6.07) is 13.6. The van der Waals surface area contributed by atoms with Gasteiger partial charge < -0.3 is 4.74 Å². The van der Waals surface area contributed by atoms with Crippen LogP contribution >= 0.6 is 0 Å². The Kier molecular flexibility index (Phi) is 9.28. The molecule has 0 atom stereocenters. The van der Waals surface area contributed by atoms with Crippen LogP contribution < -0.4 is 4.74 Å². The number of rotatable bonds is 10. The molecule has 1 saturated carbocycles. The Bertz CT molecular complexity index is 1180. The molecule has 0 bridgehead atoms. The van der Waals surface area contributed by atoms with Crippen molar-refractivity contribution in [2.45, 2.75) is 77.6 Å². The first-order valence-electron chi connectivity index (χ1n) is 13.6. The Morgan fingerprint density at radius 2 is 1.46 bits per heavy atom. The Balaban J connectivity index is 1.40. The SMILES string of the molecule is CCCCCOc1ccc(CCc2ccc(-c3ccc(C4CCC(C)CC4)c(F)c3F)cc2)c(F)c1F. The van der Waals surface area contributed by atoms with Gasteiger partial charge in [0.1, 0.15) is 0 Å². The molecule has 0 heterocycles. The molecular weight excluding hydrogens is 476 g/mol. The van der Waals surface area contributed by atoms with Crippen LogP contribution in [0.1, 0.15) is 81.4 Å². The molecule has 1 aliphatic rings. The van der Waals surface area contributed by atoms with Crippen molar-refractivity contribution in [3.05, 3.63) is 88.5 Å². The van der Waals surface area contributed by atoms with Gasteiger partial charge in [-0.3, -0.25) is 0 Å². The first-order chi connectivity index (χ1) is 17.9. The molecule has 0 saturated heterocycles. The van der Waals surface area contributed by atoms with E-state index >= 15 is 4.39 Å². The Hall–Kier alpha value is -2.82. The summed E-state index contributed by atoms with van der Waals surface area (Å²) in [6.07, 6.45) is 7.49. The molecule has 198 valence electrons. The highest BCUT2D eigenvalue weighted by Crippen LogP contribution is 2.38. The number of unbranched alkanes of at least 4 members (excludes halogenated alkanes) is 2. The topological polar surface area (TPSA) is 9.23 Å². The molecule has 37 heavy (non-hydrogen) atoms. The predicted octanol–water partition coefficient (Wildman–Crippen LogP) is 9.56. The lowest BCUT2D eigenvalue weighted by Gasteiger charge is -2.27. The van der Waals surface area contributed by atoms with Crippen molar-refractivity contribution in [2.75, 3.05) is 6.61 Å². The summed E-state index contributed by atoms with van der Waals surface area (Å²) in [5, 5.41) is 0. The van der Waals surface area contributed by atoms with E-state index in [1.54, 1.807) is 30.3 Å². The molecule has 1 nitrogen and oxygen atoms in total. The third-order valence-electron chi connectivity index (χ3n) is 7.65. The largest absolute Gasteiger partial charge is 0.490 e. The molecule has 3 aromatic rings. The van der Waals surface area contributed by atoms with Crippen LogP contribution in [0.4, 0.5) is 17.6 Å². The maximum absolute atomic E-state index is 15.0. The average molecular weight is 513 g/mol. The lowest BCUT2D eigenvalue weighted by atomic mass is 9.79. The highest BCUT2D eigenvalue weighted by molar-refractivity contribution is 5.65. The van der Waals surface area contributed by atoms with E-state index in [0.29, 0.717) is 36.5 Å². The second-order valence-corrected chi connectivity index (χ2v) is 10.4. The van der Waals surface area contributed by atoms with E-state index in [1.165, 1.54) is 6.07 Å². The maximum atomic E-state index is 15.0. The number of hydrogen-bond acceptors (Lipinski definition) is 1. The summed E-state index contributed by atoms with van der Waals surface area (Å²) in [5.41, 5.74) is 2.49. The van der Waals surface area contributed by atoms with E-state index < -0.39 is 23.3 Å². The molecule has 0 amide bonds. The molecule has 0 aromatic heterocycles. The van der Waals surface area contributed by atoms with Crippen LogP contribution in [0.5, 0.6) is 5.75 Å². The Morgan fingerprint density at radius 3 is 2.16 bits per heavy atom. The molecular formula is C32H36F4O. The summed E-state index contributed by atoms with van der Waals surface area (Å²) in [5.74, 6) is -2.71. The van der Waals surface area contributed by atoms with Gasteiger partial charge in [0.15, 0.2) is 23.2 Å². The van der Waals surface area contributed by atoms with Crippen molar-refractivity contribution >= 4 is 0 Å². The van der Waals surface area contributed by atoms with Crippen LogP contribution in [0.15, 0.2) is 48.5 Å². The van der Waals surface area contributed by atoms with Gasteiger partial charge in [-0.25, -0.2) is 13.2 Å². The Morgan fingerprint density at radius 1 is 0.730 bits per heavy atom. The van der Waals surface area contributed by atoms with Crippen molar-refractivity contribution in [1.29, 1.82) is 0 Å².